The Hall–Kier alpha value is -0.120. The normalized spacial score (nSPS) is 12.0. The van der Waals surface area contributed by atoms with Crippen molar-refractivity contribution in [2.75, 3.05) is 40.3 Å². The van der Waals surface area contributed by atoms with Gasteiger partial charge in [0.15, 0.2) is 0 Å². The maximum absolute atomic E-state index is 5.52. The molecule has 86 valence electrons. The molecule has 0 rings (SSSR count). The van der Waals surface area contributed by atoms with E-state index in [0.717, 1.165) is 19.5 Å². The minimum atomic E-state index is 0.642. The Labute approximate surface area is 89.2 Å². The van der Waals surface area contributed by atoms with Gasteiger partial charge in [-0.2, -0.15) is 0 Å². The SMILES string of the molecule is CC(C)N(CCCN)CCCN(C)C. The van der Waals surface area contributed by atoms with Crippen molar-refractivity contribution >= 4 is 0 Å². The highest BCUT2D eigenvalue weighted by atomic mass is 15.1. The molecule has 3 nitrogen and oxygen atoms in total. The summed E-state index contributed by atoms with van der Waals surface area (Å²) in [5.74, 6) is 0. The van der Waals surface area contributed by atoms with Crippen LogP contribution < -0.4 is 5.73 Å². The van der Waals surface area contributed by atoms with E-state index in [-0.39, 0.29) is 0 Å². The molecule has 0 atom stereocenters. The third kappa shape index (κ3) is 7.30. The summed E-state index contributed by atoms with van der Waals surface area (Å²) in [6.45, 7) is 8.82. The average Bonchev–Trinajstić information content (AvgIpc) is 2.09. The molecule has 0 heterocycles. The second-order valence-electron chi connectivity index (χ2n) is 4.43. The van der Waals surface area contributed by atoms with Crippen molar-refractivity contribution in [1.82, 2.24) is 9.80 Å². The highest BCUT2D eigenvalue weighted by Crippen LogP contribution is 2.01. The summed E-state index contributed by atoms with van der Waals surface area (Å²) < 4.78 is 0. The van der Waals surface area contributed by atoms with Crippen LogP contribution in [0, 0.1) is 0 Å². The first-order chi connectivity index (χ1) is 6.57. The van der Waals surface area contributed by atoms with Crippen LogP contribution >= 0.6 is 0 Å². The molecule has 0 aliphatic rings. The molecule has 0 bridgehead atoms. The van der Waals surface area contributed by atoms with E-state index in [1.807, 2.05) is 0 Å². The van der Waals surface area contributed by atoms with Crippen LogP contribution in [0.4, 0.5) is 0 Å². The Morgan fingerprint density at radius 3 is 2.00 bits per heavy atom. The van der Waals surface area contributed by atoms with Gasteiger partial charge in [-0.05, 0) is 67.0 Å². The van der Waals surface area contributed by atoms with Gasteiger partial charge in [0, 0.05) is 6.04 Å². The lowest BCUT2D eigenvalue weighted by Crippen LogP contribution is -2.35. The van der Waals surface area contributed by atoms with E-state index < -0.39 is 0 Å². The molecule has 0 aromatic carbocycles. The molecule has 0 fully saturated rings. The summed E-state index contributed by atoms with van der Waals surface area (Å²) in [6, 6.07) is 0.642. The number of hydrogen-bond acceptors (Lipinski definition) is 3. The van der Waals surface area contributed by atoms with Gasteiger partial charge in [0.05, 0.1) is 0 Å². The molecular weight excluding hydrogens is 174 g/mol. The highest BCUT2D eigenvalue weighted by molar-refractivity contribution is 4.63. The third-order valence-electron chi connectivity index (χ3n) is 2.43. The van der Waals surface area contributed by atoms with E-state index >= 15 is 0 Å². The molecule has 0 amide bonds. The van der Waals surface area contributed by atoms with E-state index in [1.54, 1.807) is 0 Å². The minimum Gasteiger partial charge on any atom is -0.330 e. The van der Waals surface area contributed by atoms with Crippen LogP contribution in [-0.2, 0) is 0 Å². The molecule has 0 aliphatic heterocycles. The first-order valence-electron chi connectivity index (χ1n) is 5.66. The standard InChI is InChI=1S/C11H27N3/c1-11(2)14(9-5-7-12)10-6-8-13(3)4/h11H,5-10,12H2,1-4H3. The number of rotatable bonds is 8. The lowest BCUT2D eigenvalue weighted by molar-refractivity contribution is 0.208. The Balaban J connectivity index is 3.62. The highest BCUT2D eigenvalue weighted by Gasteiger charge is 2.07. The van der Waals surface area contributed by atoms with Crippen LogP contribution in [0.5, 0.6) is 0 Å². The van der Waals surface area contributed by atoms with Crippen LogP contribution in [0.1, 0.15) is 26.7 Å². The van der Waals surface area contributed by atoms with Crippen molar-refractivity contribution in [1.29, 1.82) is 0 Å². The van der Waals surface area contributed by atoms with Crippen LogP contribution in [0.15, 0.2) is 0 Å². The maximum atomic E-state index is 5.52. The third-order valence-corrected chi connectivity index (χ3v) is 2.43. The fraction of sp³-hybridized carbons (Fsp3) is 1.00. The number of hydrogen-bond donors (Lipinski definition) is 1. The van der Waals surface area contributed by atoms with Crippen molar-refractivity contribution in [3.8, 4) is 0 Å². The molecule has 0 saturated carbocycles. The first-order valence-corrected chi connectivity index (χ1v) is 5.66. The smallest absolute Gasteiger partial charge is 0.00386 e. The fourth-order valence-electron chi connectivity index (χ4n) is 1.51. The van der Waals surface area contributed by atoms with Gasteiger partial charge in [-0.15, -0.1) is 0 Å². The summed E-state index contributed by atoms with van der Waals surface area (Å²) in [7, 11) is 4.25. The Bertz CT molecular complexity index is 124. The van der Waals surface area contributed by atoms with Crippen molar-refractivity contribution in [2.24, 2.45) is 5.73 Å². The molecule has 14 heavy (non-hydrogen) atoms. The summed E-state index contributed by atoms with van der Waals surface area (Å²) >= 11 is 0. The molecule has 0 unspecified atom stereocenters. The van der Waals surface area contributed by atoms with Crippen LogP contribution in [0.3, 0.4) is 0 Å². The zero-order valence-corrected chi connectivity index (χ0v) is 10.3. The van der Waals surface area contributed by atoms with Crippen LogP contribution in [0.2, 0.25) is 0 Å². The molecule has 0 radical (unpaired) electrons. The van der Waals surface area contributed by atoms with E-state index in [2.05, 4.69) is 37.7 Å². The summed E-state index contributed by atoms with van der Waals surface area (Å²) in [6.07, 6.45) is 2.36. The molecule has 0 aromatic rings. The van der Waals surface area contributed by atoms with Gasteiger partial charge in [-0.25, -0.2) is 0 Å². The largest absolute Gasteiger partial charge is 0.330 e. The summed E-state index contributed by atoms with van der Waals surface area (Å²) in [5, 5.41) is 0. The summed E-state index contributed by atoms with van der Waals surface area (Å²) in [4.78, 5) is 4.75. The van der Waals surface area contributed by atoms with Crippen LogP contribution in [-0.4, -0.2) is 56.1 Å². The Morgan fingerprint density at radius 1 is 1.00 bits per heavy atom. The van der Waals surface area contributed by atoms with E-state index in [1.165, 1.54) is 19.5 Å². The van der Waals surface area contributed by atoms with Gasteiger partial charge in [0.2, 0.25) is 0 Å². The number of nitrogens with two attached hydrogens (primary N) is 1. The van der Waals surface area contributed by atoms with Crippen molar-refractivity contribution < 1.29 is 0 Å². The van der Waals surface area contributed by atoms with E-state index in [0.29, 0.717) is 6.04 Å². The van der Waals surface area contributed by atoms with Crippen molar-refractivity contribution in [3.63, 3.8) is 0 Å². The maximum Gasteiger partial charge on any atom is 0.00386 e. The van der Waals surface area contributed by atoms with Crippen molar-refractivity contribution in [2.45, 2.75) is 32.7 Å². The van der Waals surface area contributed by atoms with Gasteiger partial charge in [-0.1, -0.05) is 0 Å². The molecule has 0 aliphatic carbocycles. The zero-order chi connectivity index (χ0) is 11.0. The lowest BCUT2D eigenvalue weighted by Gasteiger charge is -2.26. The van der Waals surface area contributed by atoms with E-state index in [4.69, 9.17) is 5.73 Å². The first kappa shape index (κ1) is 13.9. The quantitative estimate of drug-likeness (QED) is 0.636. The van der Waals surface area contributed by atoms with Gasteiger partial charge in [0.25, 0.3) is 0 Å². The van der Waals surface area contributed by atoms with Gasteiger partial charge < -0.3 is 15.5 Å². The van der Waals surface area contributed by atoms with Gasteiger partial charge in [0.1, 0.15) is 0 Å². The lowest BCUT2D eigenvalue weighted by atomic mass is 10.2. The molecule has 0 spiro atoms. The predicted octanol–water partition coefficient (Wildman–Crippen LogP) is 0.997. The topological polar surface area (TPSA) is 32.5 Å². The van der Waals surface area contributed by atoms with Gasteiger partial charge >= 0.3 is 0 Å². The minimum absolute atomic E-state index is 0.642. The van der Waals surface area contributed by atoms with Crippen molar-refractivity contribution in [3.05, 3.63) is 0 Å². The number of nitrogens with zero attached hydrogens (tertiary/aromatic N) is 2. The van der Waals surface area contributed by atoms with E-state index in [9.17, 15) is 0 Å². The Morgan fingerprint density at radius 2 is 1.57 bits per heavy atom. The molecule has 0 saturated heterocycles. The van der Waals surface area contributed by atoms with Crippen LogP contribution in [0.25, 0.3) is 0 Å². The molecule has 0 aromatic heterocycles. The zero-order valence-electron chi connectivity index (χ0n) is 10.3. The second-order valence-corrected chi connectivity index (χ2v) is 4.43. The monoisotopic (exact) mass is 201 g/mol. The fourth-order valence-corrected chi connectivity index (χ4v) is 1.51. The average molecular weight is 201 g/mol. The summed E-state index contributed by atoms with van der Waals surface area (Å²) in [5.41, 5.74) is 5.52. The molecule has 2 N–H and O–H groups in total. The molecular formula is C11H27N3. The predicted molar refractivity (Wildman–Crippen MR) is 63.6 cm³/mol. The van der Waals surface area contributed by atoms with Gasteiger partial charge in [-0.3, -0.25) is 0 Å². The molecule has 3 heteroatoms. The second kappa shape index (κ2) is 8.21. The Kier molecular flexibility index (Phi) is 8.14.